The molecule has 0 atom stereocenters. The molecule has 0 bridgehead atoms. The predicted molar refractivity (Wildman–Crippen MR) is 80.9 cm³/mol. The van der Waals surface area contributed by atoms with Gasteiger partial charge in [0.1, 0.15) is 0 Å². The Kier molecular flexibility index (Phi) is 4.20. The van der Waals surface area contributed by atoms with Gasteiger partial charge in [0.2, 0.25) is 17.7 Å². The summed E-state index contributed by atoms with van der Waals surface area (Å²) >= 11 is 0. The second-order valence-corrected chi connectivity index (χ2v) is 5.69. The number of rotatable bonds is 4. The zero-order valence-corrected chi connectivity index (χ0v) is 13.0. The third-order valence-corrected chi connectivity index (χ3v) is 3.93. The fraction of sp³-hybridized carbons (Fsp3) is 0.438. The minimum Gasteiger partial charge on any atom is -0.424 e. The van der Waals surface area contributed by atoms with Gasteiger partial charge in [-0.1, -0.05) is 24.3 Å². The van der Waals surface area contributed by atoms with Crippen molar-refractivity contribution in [3.63, 3.8) is 0 Å². The quantitative estimate of drug-likeness (QED) is 0.854. The van der Waals surface area contributed by atoms with E-state index in [0.717, 1.165) is 19.5 Å². The summed E-state index contributed by atoms with van der Waals surface area (Å²) in [5.74, 6) is 1.05. The molecule has 0 unspecified atom stereocenters. The van der Waals surface area contributed by atoms with Crippen LogP contribution in [0.4, 0.5) is 0 Å². The molecule has 0 radical (unpaired) electrons. The van der Waals surface area contributed by atoms with Crippen LogP contribution in [0, 0.1) is 6.92 Å². The van der Waals surface area contributed by atoms with Crippen molar-refractivity contribution in [1.29, 1.82) is 0 Å². The average Bonchev–Trinajstić information content (AvgIpc) is 2.92. The first-order chi connectivity index (χ1) is 10.6. The van der Waals surface area contributed by atoms with Gasteiger partial charge in [0.15, 0.2) is 0 Å². The van der Waals surface area contributed by atoms with Gasteiger partial charge in [0, 0.05) is 27.1 Å². The van der Waals surface area contributed by atoms with Gasteiger partial charge in [-0.25, -0.2) is 0 Å². The van der Waals surface area contributed by atoms with Gasteiger partial charge in [-0.05, 0) is 17.5 Å². The molecule has 0 aliphatic carbocycles. The molecule has 0 saturated heterocycles. The van der Waals surface area contributed by atoms with E-state index < -0.39 is 0 Å². The largest absolute Gasteiger partial charge is 0.424 e. The first-order valence-electron chi connectivity index (χ1n) is 7.44. The van der Waals surface area contributed by atoms with Crippen LogP contribution in [-0.2, 0) is 24.3 Å². The summed E-state index contributed by atoms with van der Waals surface area (Å²) in [6.45, 7) is 4.25. The van der Waals surface area contributed by atoms with Gasteiger partial charge < -0.3 is 9.32 Å². The Balaban J connectivity index is 1.56. The van der Waals surface area contributed by atoms with E-state index in [2.05, 4.69) is 33.3 Å². The zero-order valence-electron chi connectivity index (χ0n) is 13.0. The molecule has 6 heteroatoms. The standard InChI is InChI=1S/C16H20N4O2/c1-12-17-18-15(22-12)10-19(2)16(21)11-20-8-7-13-5-3-4-6-14(13)9-20/h3-6H,7-11H2,1-2H3. The lowest BCUT2D eigenvalue weighted by Crippen LogP contribution is -2.40. The zero-order chi connectivity index (χ0) is 15.5. The molecule has 22 heavy (non-hydrogen) atoms. The topological polar surface area (TPSA) is 62.5 Å². The second-order valence-electron chi connectivity index (χ2n) is 5.69. The number of nitrogens with zero attached hydrogens (tertiary/aromatic N) is 4. The molecule has 1 aliphatic heterocycles. The molecule has 0 N–H and O–H groups in total. The van der Waals surface area contributed by atoms with Crippen LogP contribution >= 0.6 is 0 Å². The number of hydrogen-bond acceptors (Lipinski definition) is 5. The number of likely N-dealkylation sites (N-methyl/N-ethyl adjacent to an activating group) is 1. The molecule has 1 aromatic carbocycles. The van der Waals surface area contributed by atoms with Crippen LogP contribution < -0.4 is 0 Å². The molecular weight excluding hydrogens is 280 g/mol. The van der Waals surface area contributed by atoms with Crippen molar-refractivity contribution in [2.24, 2.45) is 0 Å². The van der Waals surface area contributed by atoms with Gasteiger partial charge in [-0.3, -0.25) is 9.69 Å². The molecule has 1 aliphatic rings. The van der Waals surface area contributed by atoms with Crippen molar-refractivity contribution in [2.45, 2.75) is 26.4 Å². The van der Waals surface area contributed by atoms with Gasteiger partial charge in [-0.15, -0.1) is 10.2 Å². The van der Waals surface area contributed by atoms with Crippen LogP contribution in [0.25, 0.3) is 0 Å². The fourth-order valence-electron chi connectivity index (χ4n) is 2.69. The molecule has 0 fully saturated rings. The monoisotopic (exact) mass is 300 g/mol. The number of aromatic nitrogens is 2. The number of carbonyl (C=O) groups is 1. The molecular formula is C16H20N4O2. The van der Waals surface area contributed by atoms with Crippen molar-refractivity contribution >= 4 is 5.91 Å². The van der Waals surface area contributed by atoms with Crippen LogP contribution in [0.1, 0.15) is 22.9 Å². The number of aryl methyl sites for hydroxylation is 1. The lowest BCUT2D eigenvalue weighted by Gasteiger charge is -2.29. The Morgan fingerprint density at radius 3 is 2.82 bits per heavy atom. The van der Waals surface area contributed by atoms with E-state index in [1.165, 1.54) is 11.1 Å². The average molecular weight is 300 g/mol. The summed E-state index contributed by atoms with van der Waals surface area (Å²) in [5, 5.41) is 7.70. The normalized spacial score (nSPS) is 14.6. The van der Waals surface area contributed by atoms with E-state index in [9.17, 15) is 4.79 Å². The summed E-state index contributed by atoms with van der Waals surface area (Å²) in [5.41, 5.74) is 2.71. The highest BCUT2D eigenvalue weighted by atomic mass is 16.4. The lowest BCUT2D eigenvalue weighted by molar-refractivity contribution is -0.132. The summed E-state index contributed by atoms with van der Waals surface area (Å²) in [6, 6.07) is 8.42. The van der Waals surface area contributed by atoms with E-state index in [-0.39, 0.29) is 5.91 Å². The van der Waals surface area contributed by atoms with E-state index in [4.69, 9.17) is 4.42 Å². The third-order valence-electron chi connectivity index (χ3n) is 3.93. The van der Waals surface area contributed by atoms with Crippen molar-refractivity contribution < 1.29 is 9.21 Å². The highest BCUT2D eigenvalue weighted by molar-refractivity contribution is 5.77. The van der Waals surface area contributed by atoms with Crippen molar-refractivity contribution in [3.05, 3.63) is 47.2 Å². The summed E-state index contributed by atoms with van der Waals surface area (Å²) in [6.07, 6.45) is 0.996. The maximum absolute atomic E-state index is 12.3. The Bertz CT molecular complexity index is 668. The van der Waals surface area contributed by atoms with Crippen molar-refractivity contribution in [2.75, 3.05) is 20.1 Å². The Morgan fingerprint density at radius 2 is 2.09 bits per heavy atom. The van der Waals surface area contributed by atoms with Crippen LogP contribution in [0.15, 0.2) is 28.7 Å². The summed E-state index contributed by atoms with van der Waals surface area (Å²) in [7, 11) is 1.76. The Labute approximate surface area is 129 Å². The lowest BCUT2D eigenvalue weighted by atomic mass is 10.00. The van der Waals surface area contributed by atoms with E-state index in [1.807, 2.05) is 6.07 Å². The molecule has 3 rings (SSSR count). The molecule has 2 heterocycles. The molecule has 6 nitrogen and oxygen atoms in total. The van der Waals surface area contributed by atoms with Crippen LogP contribution in [0.5, 0.6) is 0 Å². The van der Waals surface area contributed by atoms with Gasteiger partial charge in [0.25, 0.3) is 0 Å². The maximum Gasteiger partial charge on any atom is 0.236 e. The third kappa shape index (κ3) is 3.33. The van der Waals surface area contributed by atoms with Crippen LogP contribution in [-0.4, -0.2) is 46.0 Å². The minimum absolute atomic E-state index is 0.0650. The Hall–Kier alpha value is -2.21. The van der Waals surface area contributed by atoms with Gasteiger partial charge in [0.05, 0.1) is 13.1 Å². The smallest absolute Gasteiger partial charge is 0.236 e. The highest BCUT2D eigenvalue weighted by Crippen LogP contribution is 2.18. The number of fused-ring (bicyclic) bond motifs is 1. The molecule has 1 amide bonds. The van der Waals surface area contributed by atoms with Crippen molar-refractivity contribution in [3.8, 4) is 0 Å². The van der Waals surface area contributed by atoms with Gasteiger partial charge in [-0.2, -0.15) is 0 Å². The van der Waals surface area contributed by atoms with Crippen molar-refractivity contribution in [1.82, 2.24) is 20.0 Å². The first-order valence-corrected chi connectivity index (χ1v) is 7.44. The number of hydrogen-bond donors (Lipinski definition) is 0. The van der Waals surface area contributed by atoms with E-state index in [1.54, 1.807) is 18.9 Å². The van der Waals surface area contributed by atoms with E-state index in [0.29, 0.717) is 24.9 Å². The SMILES string of the molecule is Cc1nnc(CN(C)C(=O)CN2CCc3ccccc3C2)o1. The fourth-order valence-corrected chi connectivity index (χ4v) is 2.69. The maximum atomic E-state index is 12.3. The number of amides is 1. The first kappa shape index (κ1) is 14.7. The molecule has 2 aromatic rings. The molecule has 0 spiro atoms. The minimum atomic E-state index is 0.0650. The molecule has 0 saturated carbocycles. The second kappa shape index (κ2) is 6.27. The summed E-state index contributed by atoms with van der Waals surface area (Å²) < 4.78 is 5.31. The Morgan fingerprint density at radius 1 is 1.32 bits per heavy atom. The number of benzene rings is 1. The van der Waals surface area contributed by atoms with Crippen LogP contribution in [0.3, 0.4) is 0 Å². The number of carbonyl (C=O) groups excluding carboxylic acids is 1. The molecule has 1 aromatic heterocycles. The highest BCUT2D eigenvalue weighted by Gasteiger charge is 2.20. The van der Waals surface area contributed by atoms with Gasteiger partial charge >= 0.3 is 0 Å². The van der Waals surface area contributed by atoms with E-state index >= 15 is 0 Å². The summed E-state index contributed by atoms with van der Waals surface area (Å²) in [4.78, 5) is 16.1. The molecule has 116 valence electrons. The predicted octanol–water partition coefficient (Wildman–Crippen LogP) is 1.39. The van der Waals surface area contributed by atoms with Crippen LogP contribution in [0.2, 0.25) is 0 Å².